The second-order valence-electron chi connectivity index (χ2n) is 8.71. The number of anilines is 1. The minimum absolute atomic E-state index is 0.0706. The van der Waals surface area contributed by atoms with Crippen molar-refractivity contribution in [1.82, 2.24) is 20.2 Å². The lowest BCUT2D eigenvalue weighted by atomic mass is 9.92. The lowest BCUT2D eigenvalue weighted by Gasteiger charge is -2.34. The van der Waals surface area contributed by atoms with Gasteiger partial charge in [0.05, 0.1) is 4.47 Å². The second-order valence-corrected chi connectivity index (χ2v) is 9.62. The van der Waals surface area contributed by atoms with Gasteiger partial charge in [0.2, 0.25) is 11.9 Å². The monoisotopic (exact) mass is 485 g/mol. The fourth-order valence-electron chi connectivity index (χ4n) is 4.63. The number of piperidine rings is 2. The van der Waals surface area contributed by atoms with Crippen LogP contribution in [0.5, 0.6) is 0 Å². The highest BCUT2D eigenvalue weighted by atomic mass is 79.9. The van der Waals surface area contributed by atoms with Crippen molar-refractivity contribution < 1.29 is 4.79 Å². The highest BCUT2D eigenvalue weighted by Gasteiger charge is 2.29. The van der Waals surface area contributed by atoms with Crippen LogP contribution in [0.1, 0.15) is 37.7 Å². The molecule has 2 aromatic rings. The third-order valence-electron chi connectivity index (χ3n) is 6.52. The summed E-state index contributed by atoms with van der Waals surface area (Å²) in [5, 5.41) is 3.35. The lowest BCUT2D eigenvalue weighted by Crippen LogP contribution is -2.43. The highest BCUT2D eigenvalue weighted by Crippen LogP contribution is 2.25. The SMILES string of the molecule is O=C(C1CCNCC1)N(CCC1CCN(Cc2ccccc2)CC1)c1ncc(Br)cn1. The zero-order chi connectivity index (χ0) is 21.5. The van der Waals surface area contributed by atoms with Gasteiger partial charge in [-0.1, -0.05) is 30.3 Å². The summed E-state index contributed by atoms with van der Waals surface area (Å²) in [5.74, 6) is 1.44. The zero-order valence-corrected chi connectivity index (χ0v) is 19.6. The molecule has 3 heterocycles. The van der Waals surface area contributed by atoms with E-state index in [9.17, 15) is 4.79 Å². The fourth-order valence-corrected chi connectivity index (χ4v) is 4.83. The summed E-state index contributed by atoms with van der Waals surface area (Å²) in [6, 6.07) is 10.7. The van der Waals surface area contributed by atoms with Crippen LogP contribution in [-0.4, -0.2) is 53.5 Å². The molecule has 0 unspecified atom stereocenters. The van der Waals surface area contributed by atoms with E-state index in [1.54, 1.807) is 12.4 Å². The highest BCUT2D eigenvalue weighted by molar-refractivity contribution is 9.10. The maximum absolute atomic E-state index is 13.3. The third-order valence-corrected chi connectivity index (χ3v) is 6.93. The van der Waals surface area contributed by atoms with E-state index in [-0.39, 0.29) is 11.8 Å². The van der Waals surface area contributed by atoms with Crippen molar-refractivity contribution in [3.8, 4) is 0 Å². The van der Waals surface area contributed by atoms with Crippen molar-refractivity contribution in [2.45, 2.75) is 38.6 Å². The number of benzene rings is 1. The van der Waals surface area contributed by atoms with Crippen LogP contribution in [0.2, 0.25) is 0 Å². The molecule has 31 heavy (non-hydrogen) atoms. The largest absolute Gasteiger partial charge is 0.317 e. The number of nitrogens with zero attached hydrogens (tertiary/aromatic N) is 4. The van der Waals surface area contributed by atoms with E-state index in [1.165, 1.54) is 18.4 Å². The molecular weight excluding hydrogens is 454 g/mol. The molecule has 2 saturated heterocycles. The summed E-state index contributed by atoms with van der Waals surface area (Å²) >= 11 is 3.40. The van der Waals surface area contributed by atoms with Gasteiger partial charge in [-0.2, -0.15) is 0 Å². The molecule has 0 spiro atoms. The maximum Gasteiger partial charge on any atom is 0.232 e. The fraction of sp³-hybridized carbons (Fsp3) is 0.542. The first-order valence-corrected chi connectivity index (χ1v) is 12.2. The Morgan fingerprint density at radius 3 is 2.42 bits per heavy atom. The van der Waals surface area contributed by atoms with Crippen LogP contribution >= 0.6 is 15.9 Å². The Hall–Kier alpha value is -1.83. The average molecular weight is 486 g/mol. The average Bonchev–Trinajstić information content (AvgIpc) is 2.82. The van der Waals surface area contributed by atoms with E-state index in [4.69, 9.17) is 0 Å². The Balaban J connectivity index is 1.33. The van der Waals surface area contributed by atoms with E-state index in [0.29, 0.717) is 18.4 Å². The molecule has 6 nitrogen and oxygen atoms in total. The third kappa shape index (κ3) is 6.34. The van der Waals surface area contributed by atoms with Crippen molar-refractivity contribution in [2.75, 3.05) is 37.6 Å². The Kier molecular flexibility index (Phi) is 8.05. The Morgan fingerprint density at radius 1 is 1.06 bits per heavy atom. The number of hydrogen-bond acceptors (Lipinski definition) is 5. The van der Waals surface area contributed by atoms with Crippen LogP contribution in [0.25, 0.3) is 0 Å². The molecule has 0 bridgehead atoms. The zero-order valence-electron chi connectivity index (χ0n) is 18.0. The number of carbonyl (C=O) groups is 1. The molecule has 1 aromatic heterocycles. The van der Waals surface area contributed by atoms with Gasteiger partial charge in [0.1, 0.15) is 0 Å². The number of carbonyl (C=O) groups excluding carboxylic acids is 1. The van der Waals surface area contributed by atoms with Crippen LogP contribution in [0.15, 0.2) is 47.2 Å². The molecule has 0 aliphatic carbocycles. The Bertz CT molecular complexity index is 818. The van der Waals surface area contributed by atoms with Crippen LogP contribution in [0.3, 0.4) is 0 Å². The molecule has 2 fully saturated rings. The van der Waals surface area contributed by atoms with Gasteiger partial charge in [-0.25, -0.2) is 9.97 Å². The normalized spacial score (nSPS) is 18.7. The van der Waals surface area contributed by atoms with Crippen molar-refractivity contribution in [3.63, 3.8) is 0 Å². The molecule has 0 atom stereocenters. The van der Waals surface area contributed by atoms with Crippen LogP contribution in [-0.2, 0) is 11.3 Å². The number of nitrogens with one attached hydrogen (secondary N) is 1. The molecule has 1 N–H and O–H groups in total. The van der Waals surface area contributed by atoms with Gasteiger partial charge in [-0.3, -0.25) is 14.6 Å². The van der Waals surface area contributed by atoms with E-state index in [2.05, 4.69) is 66.4 Å². The number of rotatable bonds is 7. The molecular formula is C24H32BrN5O. The molecule has 4 rings (SSSR count). The lowest BCUT2D eigenvalue weighted by molar-refractivity contribution is -0.123. The quantitative estimate of drug-likeness (QED) is 0.644. The van der Waals surface area contributed by atoms with E-state index >= 15 is 0 Å². The summed E-state index contributed by atoms with van der Waals surface area (Å²) in [6.45, 7) is 5.79. The van der Waals surface area contributed by atoms with Gasteiger partial charge < -0.3 is 5.32 Å². The van der Waals surface area contributed by atoms with E-state index in [1.807, 2.05) is 4.90 Å². The number of amides is 1. The molecule has 2 aliphatic heterocycles. The summed E-state index contributed by atoms with van der Waals surface area (Å²) in [6.07, 6.45) is 8.62. The first-order chi connectivity index (χ1) is 15.2. The Labute approximate surface area is 193 Å². The molecule has 7 heteroatoms. The number of aromatic nitrogens is 2. The molecule has 166 valence electrons. The van der Waals surface area contributed by atoms with Gasteiger partial charge >= 0.3 is 0 Å². The summed E-state index contributed by atoms with van der Waals surface area (Å²) in [7, 11) is 0. The van der Waals surface area contributed by atoms with Gasteiger partial charge in [0.15, 0.2) is 0 Å². The van der Waals surface area contributed by atoms with Crippen molar-refractivity contribution in [2.24, 2.45) is 11.8 Å². The summed E-state index contributed by atoms with van der Waals surface area (Å²) < 4.78 is 0.830. The van der Waals surface area contributed by atoms with Crippen LogP contribution in [0, 0.1) is 11.8 Å². The predicted molar refractivity (Wildman–Crippen MR) is 127 cm³/mol. The molecule has 2 aliphatic rings. The van der Waals surface area contributed by atoms with Gasteiger partial charge in [-0.15, -0.1) is 0 Å². The summed E-state index contributed by atoms with van der Waals surface area (Å²) in [5.41, 5.74) is 1.38. The summed E-state index contributed by atoms with van der Waals surface area (Å²) in [4.78, 5) is 26.6. The van der Waals surface area contributed by atoms with Crippen molar-refractivity contribution >= 4 is 27.8 Å². The predicted octanol–water partition coefficient (Wildman–Crippen LogP) is 3.87. The Morgan fingerprint density at radius 2 is 1.74 bits per heavy atom. The molecule has 1 aromatic carbocycles. The minimum atomic E-state index is 0.0706. The number of hydrogen-bond donors (Lipinski definition) is 1. The first kappa shape index (κ1) is 22.4. The number of likely N-dealkylation sites (tertiary alicyclic amines) is 1. The molecule has 0 radical (unpaired) electrons. The topological polar surface area (TPSA) is 61.4 Å². The van der Waals surface area contributed by atoms with Gasteiger partial charge in [-0.05, 0) is 85.7 Å². The van der Waals surface area contributed by atoms with Crippen LogP contribution < -0.4 is 10.2 Å². The van der Waals surface area contributed by atoms with Crippen molar-refractivity contribution in [3.05, 3.63) is 52.8 Å². The first-order valence-electron chi connectivity index (χ1n) is 11.4. The standard InChI is InChI=1S/C24H32BrN5O/c25-22-16-27-24(28-17-22)30(23(31)21-6-11-26-12-7-21)15-10-19-8-13-29(14-9-19)18-20-4-2-1-3-5-20/h1-5,16-17,19,21,26H,6-15,18H2. The second kappa shape index (κ2) is 11.2. The van der Waals surface area contributed by atoms with E-state index < -0.39 is 0 Å². The maximum atomic E-state index is 13.3. The van der Waals surface area contributed by atoms with Crippen molar-refractivity contribution in [1.29, 1.82) is 0 Å². The minimum Gasteiger partial charge on any atom is -0.317 e. The smallest absolute Gasteiger partial charge is 0.232 e. The molecule has 1 amide bonds. The number of halogens is 1. The van der Waals surface area contributed by atoms with Crippen LogP contribution in [0.4, 0.5) is 5.95 Å². The van der Waals surface area contributed by atoms with E-state index in [0.717, 1.165) is 56.5 Å². The van der Waals surface area contributed by atoms with Gasteiger partial charge in [0, 0.05) is 31.4 Å². The van der Waals surface area contributed by atoms with Gasteiger partial charge in [0.25, 0.3) is 0 Å². The molecule has 0 saturated carbocycles.